The van der Waals surface area contributed by atoms with Crippen LogP contribution in [0.2, 0.25) is 0 Å². The summed E-state index contributed by atoms with van der Waals surface area (Å²) < 4.78 is 56.2. The predicted molar refractivity (Wildman–Crippen MR) is 120 cm³/mol. The number of hydrogen-bond acceptors (Lipinski definition) is 5. The lowest BCUT2D eigenvalue weighted by Gasteiger charge is -2.09. The van der Waals surface area contributed by atoms with Gasteiger partial charge in [-0.15, -0.1) is 0 Å². The van der Waals surface area contributed by atoms with E-state index in [4.69, 9.17) is 14.2 Å². The van der Waals surface area contributed by atoms with Crippen LogP contribution in [0.15, 0.2) is 91.0 Å². The van der Waals surface area contributed by atoms with E-state index in [1.165, 1.54) is 36.4 Å². The summed E-state index contributed by atoms with van der Waals surface area (Å²) >= 11 is 0. The molecule has 0 atom stereocenters. The van der Waals surface area contributed by atoms with E-state index in [1.807, 2.05) is 30.3 Å². The van der Waals surface area contributed by atoms with Crippen molar-refractivity contribution in [3.8, 4) is 17.2 Å². The number of ether oxygens (including phenoxy) is 3. The van der Waals surface area contributed by atoms with Crippen LogP contribution in [0.25, 0.3) is 0 Å². The third-order valence-corrected chi connectivity index (χ3v) is 4.78. The molecule has 0 N–H and O–H groups in total. The average molecular weight is 478 g/mol. The molecule has 0 aromatic heterocycles. The van der Waals surface area contributed by atoms with Gasteiger partial charge in [0.2, 0.25) is 5.75 Å². The van der Waals surface area contributed by atoms with Crippen molar-refractivity contribution in [1.29, 1.82) is 0 Å². The van der Waals surface area contributed by atoms with Gasteiger partial charge in [-0.1, -0.05) is 36.4 Å². The molecule has 4 aromatic rings. The molecule has 0 amide bonds. The summed E-state index contributed by atoms with van der Waals surface area (Å²) in [6.45, 7) is 0.374. The Morgan fingerprint density at radius 1 is 0.629 bits per heavy atom. The summed E-state index contributed by atoms with van der Waals surface area (Å²) in [5.74, 6) is -6.15. The van der Waals surface area contributed by atoms with E-state index in [0.717, 1.165) is 5.56 Å². The fourth-order valence-corrected chi connectivity index (χ4v) is 3.06. The van der Waals surface area contributed by atoms with Gasteiger partial charge in [0.1, 0.15) is 23.9 Å². The zero-order chi connectivity index (χ0) is 24.8. The van der Waals surface area contributed by atoms with Gasteiger partial charge in [0.15, 0.2) is 11.6 Å². The molecule has 4 rings (SSSR count). The quantitative estimate of drug-likeness (QED) is 0.237. The van der Waals surface area contributed by atoms with Crippen LogP contribution < -0.4 is 14.2 Å². The van der Waals surface area contributed by atoms with Crippen molar-refractivity contribution in [3.63, 3.8) is 0 Å². The summed E-state index contributed by atoms with van der Waals surface area (Å²) in [6, 6.07) is 22.0. The Hall–Kier alpha value is -4.59. The Balaban J connectivity index is 1.39. The first-order chi connectivity index (χ1) is 16.9. The first-order valence-corrected chi connectivity index (χ1v) is 10.3. The number of halogens is 3. The predicted octanol–water partition coefficient (Wildman–Crippen LogP) is 6.12. The van der Waals surface area contributed by atoms with Gasteiger partial charge >= 0.3 is 11.9 Å². The third kappa shape index (κ3) is 6.05. The van der Waals surface area contributed by atoms with Gasteiger partial charge in [-0.3, -0.25) is 0 Å². The van der Waals surface area contributed by atoms with Gasteiger partial charge < -0.3 is 14.2 Å². The highest BCUT2D eigenvalue weighted by Gasteiger charge is 2.19. The molecule has 8 heteroatoms. The lowest BCUT2D eigenvalue weighted by Crippen LogP contribution is -2.12. The number of benzene rings is 4. The van der Waals surface area contributed by atoms with Crippen molar-refractivity contribution in [3.05, 3.63) is 125 Å². The number of rotatable bonds is 7. The summed E-state index contributed by atoms with van der Waals surface area (Å²) in [5.41, 5.74) is 1.10. The first kappa shape index (κ1) is 23.6. The van der Waals surface area contributed by atoms with Crippen molar-refractivity contribution in [2.24, 2.45) is 0 Å². The van der Waals surface area contributed by atoms with Gasteiger partial charge in [-0.05, 0) is 48.0 Å². The number of hydrogen-bond donors (Lipinski definition) is 0. The Morgan fingerprint density at radius 2 is 1.29 bits per heavy atom. The maximum Gasteiger partial charge on any atom is 0.343 e. The van der Waals surface area contributed by atoms with Crippen LogP contribution in [-0.2, 0) is 6.61 Å². The molecule has 0 aliphatic carbocycles. The van der Waals surface area contributed by atoms with E-state index < -0.39 is 35.1 Å². The topological polar surface area (TPSA) is 61.8 Å². The Kier molecular flexibility index (Phi) is 7.11. The molecule has 0 unspecified atom stereocenters. The highest BCUT2D eigenvalue weighted by Crippen LogP contribution is 2.25. The smallest absolute Gasteiger partial charge is 0.343 e. The van der Waals surface area contributed by atoms with Gasteiger partial charge in [0.25, 0.3) is 0 Å². The van der Waals surface area contributed by atoms with Crippen molar-refractivity contribution < 1.29 is 37.0 Å². The first-order valence-electron chi connectivity index (χ1n) is 10.3. The molecule has 0 saturated heterocycles. The minimum Gasteiger partial charge on any atom is -0.489 e. The number of esters is 2. The summed E-state index contributed by atoms with van der Waals surface area (Å²) in [4.78, 5) is 24.8. The Morgan fingerprint density at radius 3 is 1.97 bits per heavy atom. The van der Waals surface area contributed by atoms with E-state index in [2.05, 4.69) is 0 Å². The van der Waals surface area contributed by atoms with E-state index >= 15 is 0 Å². The van der Waals surface area contributed by atoms with Crippen molar-refractivity contribution in [1.82, 2.24) is 0 Å². The van der Waals surface area contributed by atoms with Gasteiger partial charge in [0, 0.05) is 12.1 Å². The molecule has 0 bridgehead atoms. The maximum absolute atomic E-state index is 13.8. The normalized spacial score (nSPS) is 10.5. The summed E-state index contributed by atoms with van der Waals surface area (Å²) in [5, 5.41) is 0. The van der Waals surface area contributed by atoms with Crippen LogP contribution in [0.1, 0.15) is 26.3 Å². The molecule has 0 radical (unpaired) electrons. The molecular formula is C27H17F3O5. The highest BCUT2D eigenvalue weighted by atomic mass is 19.1. The lowest BCUT2D eigenvalue weighted by molar-refractivity contribution is 0.0706. The van der Waals surface area contributed by atoms with Crippen LogP contribution in [0, 0.1) is 17.5 Å². The van der Waals surface area contributed by atoms with Crippen LogP contribution in [0.4, 0.5) is 13.2 Å². The minimum absolute atomic E-state index is 0.00824. The van der Waals surface area contributed by atoms with Crippen LogP contribution >= 0.6 is 0 Å². The second-order valence-corrected chi connectivity index (χ2v) is 7.30. The molecule has 0 fully saturated rings. The second kappa shape index (κ2) is 10.6. The Labute approximate surface area is 198 Å². The molecule has 176 valence electrons. The molecule has 0 aliphatic rings. The number of carbonyl (C=O) groups is 2. The minimum atomic E-state index is -1.37. The summed E-state index contributed by atoms with van der Waals surface area (Å²) in [6.07, 6.45) is 0. The van der Waals surface area contributed by atoms with Gasteiger partial charge in [-0.2, -0.15) is 0 Å². The molecule has 5 nitrogen and oxygen atoms in total. The molecular weight excluding hydrogens is 461 g/mol. The molecule has 35 heavy (non-hydrogen) atoms. The molecule has 4 aromatic carbocycles. The van der Waals surface area contributed by atoms with E-state index in [1.54, 1.807) is 12.1 Å². The maximum atomic E-state index is 13.8. The Bertz CT molecular complexity index is 1330. The standard InChI is InChI=1S/C27H17F3O5/c28-20-14-23(29)25(24(30)15-20)35-27(32)19-7-4-8-22(13-19)34-26(31)18-9-11-21(12-10-18)33-16-17-5-2-1-3-6-17/h1-15H,16H2. The van der Waals surface area contributed by atoms with Crippen LogP contribution in [0.5, 0.6) is 17.2 Å². The molecule has 0 spiro atoms. The van der Waals surface area contributed by atoms with Crippen molar-refractivity contribution >= 4 is 11.9 Å². The van der Waals surface area contributed by atoms with Crippen LogP contribution in [-0.4, -0.2) is 11.9 Å². The van der Waals surface area contributed by atoms with Gasteiger partial charge in [0.05, 0.1) is 11.1 Å². The van der Waals surface area contributed by atoms with Crippen molar-refractivity contribution in [2.45, 2.75) is 6.61 Å². The van der Waals surface area contributed by atoms with E-state index in [9.17, 15) is 22.8 Å². The summed E-state index contributed by atoms with van der Waals surface area (Å²) in [7, 11) is 0. The fraction of sp³-hybridized carbons (Fsp3) is 0.0370. The van der Waals surface area contributed by atoms with Crippen molar-refractivity contribution in [2.75, 3.05) is 0 Å². The molecule has 0 heterocycles. The lowest BCUT2D eigenvalue weighted by atomic mass is 10.2. The van der Waals surface area contributed by atoms with E-state index in [-0.39, 0.29) is 16.9 Å². The zero-order valence-corrected chi connectivity index (χ0v) is 18.0. The second-order valence-electron chi connectivity index (χ2n) is 7.30. The van der Waals surface area contributed by atoms with Gasteiger partial charge in [-0.25, -0.2) is 22.8 Å². The molecule has 0 aliphatic heterocycles. The third-order valence-electron chi connectivity index (χ3n) is 4.78. The highest BCUT2D eigenvalue weighted by molar-refractivity contribution is 5.93. The molecule has 0 saturated carbocycles. The number of carbonyl (C=O) groups excluding carboxylic acids is 2. The zero-order valence-electron chi connectivity index (χ0n) is 18.0. The SMILES string of the molecule is O=C(Oc1cccc(C(=O)Oc2c(F)cc(F)cc2F)c1)c1ccc(OCc2ccccc2)cc1. The largest absolute Gasteiger partial charge is 0.489 e. The monoisotopic (exact) mass is 478 g/mol. The average Bonchev–Trinajstić information content (AvgIpc) is 2.86. The van der Waals surface area contributed by atoms with Crippen LogP contribution in [0.3, 0.4) is 0 Å². The fourth-order valence-electron chi connectivity index (χ4n) is 3.06. The van der Waals surface area contributed by atoms with E-state index in [0.29, 0.717) is 24.5 Å².